The van der Waals surface area contributed by atoms with Crippen molar-refractivity contribution < 1.29 is 81.5 Å². The van der Waals surface area contributed by atoms with Crippen LogP contribution in [0.25, 0.3) is 0 Å². The second kappa shape index (κ2) is 14.8. The van der Waals surface area contributed by atoms with Crippen LogP contribution in [-0.2, 0) is 25.4 Å². The molecule has 11 nitrogen and oxygen atoms in total. The van der Waals surface area contributed by atoms with E-state index in [0.29, 0.717) is 5.56 Å². The van der Waals surface area contributed by atoms with Gasteiger partial charge in [0.25, 0.3) is 0 Å². The van der Waals surface area contributed by atoms with Gasteiger partial charge in [-0.05, 0) is 36.2 Å². The number of para-hydroxylation sites is 1. The first-order valence-corrected chi connectivity index (χ1v) is 13.0. The first-order valence-electron chi connectivity index (χ1n) is 11.5. The first kappa shape index (κ1) is 32.7. The summed E-state index contributed by atoms with van der Waals surface area (Å²) in [6.45, 7) is 3.39. The quantitative estimate of drug-likeness (QED) is 0.106. The number of carbonyl (C=O) groups excluding carboxylic acids is 4. The van der Waals surface area contributed by atoms with Crippen LogP contribution in [0.5, 0.6) is 28.7 Å². The van der Waals surface area contributed by atoms with Crippen LogP contribution >= 0.6 is 7.82 Å². The van der Waals surface area contributed by atoms with E-state index in [4.69, 9.17) is 23.3 Å². The van der Waals surface area contributed by atoms with Gasteiger partial charge in [0.1, 0.15) is 34.3 Å². The molecule has 0 aliphatic heterocycles. The summed E-state index contributed by atoms with van der Waals surface area (Å²) >= 11 is 0. The maximum Gasteiger partial charge on any atom is 1.00 e. The molecule has 3 aromatic carbocycles. The molecule has 0 saturated carbocycles. The van der Waals surface area contributed by atoms with Crippen LogP contribution < -0.4 is 57.7 Å². The van der Waals surface area contributed by atoms with Crippen LogP contribution in [-0.4, -0.2) is 23.7 Å². The first-order chi connectivity index (χ1) is 18.4. The van der Waals surface area contributed by atoms with E-state index in [-0.39, 0.29) is 76.7 Å². The molecule has 1 unspecified atom stereocenters. The zero-order valence-corrected chi connectivity index (χ0v) is 25.1. The maximum atomic E-state index is 13.2. The Morgan fingerprint density at radius 2 is 1.18 bits per heavy atom. The smallest absolute Gasteiger partial charge is 0.736 e. The van der Waals surface area contributed by atoms with Crippen molar-refractivity contribution in [2.75, 3.05) is 0 Å². The van der Waals surface area contributed by atoms with Crippen molar-refractivity contribution in [2.24, 2.45) is 0 Å². The molecule has 0 N–H and O–H groups in total. The van der Waals surface area contributed by atoms with Gasteiger partial charge in [-0.25, -0.2) is 4.57 Å². The van der Waals surface area contributed by atoms with E-state index in [1.165, 1.54) is 36.4 Å². The topological polar surface area (TPSA) is 155 Å². The molecule has 13 heteroatoms. The normalized spacial score (nSPS) is 11.7. The molecule has 0 spiro atoms. The molecule has 0 fully saturated rings. The minimum Gasteiger partial charge on any atom is -0.736 e. The molecule has 1 atom stereocenters. The van der Waals surface area contributed by atoms with Crippen LogP contribution in [0, 0.1) is 0 Å². The molecule has 0 amide bonds. The number of carbonyl (C=O) groups is 4. The average Bonchev–Trinajstić information content (AvgIpc) is 2.82. The number of phosphoric acid groups is 1. The molecular weight excluding hydrogens is 554 g/mol. The number of phosphoric ester groups is 1. The molecule has 0 aromatic heterocycles. The summed E-state index contributed by atoms with van der Waals surface area (Å²) in [5.74, 6) is -3.16. The number of Topliss-reactive ketones (excluding diaryl/α,β-unsaturated/α-hetero) is 1. The number of esters is 3. The Balaban J connectivity index is 0.00000560. The van der Waals surface area contributed by atoms with Crippen LogP contribution in [0.3, 0.4) is 0 Å². The minimum atomic E-state index is -4.69. The predicted octanol–water partition coefficient (Wildman–Crippen LogP) is 1.21. The Bertz CT molecular complexity index is 1390. The van der Waals surface area contributed by atoms with Gasteiger partial charge in [0.2, 0.25) is 0 Å². The van der Waals surface area contributed by atoms with Gasteiger partial charge in [-0.1, -0.05) is 30.3 Å². The Kier molecular flexibility index (Phi) is 12.1. The molecule has 0 aliphatic rings. The maximum absolute atomic E-state index is 13.2. The van der Waals surface area contributed by atoms with Crippen molar-refractivity contribution in [2.45, 2.75) is 33.6 Å². The number of aryl methyl sites for hydroxylation is 1. The largest absolute Gasteiger partial charge is 1.00 e. The van der Waals surface area contributed by atoms with Crippen molar-refractivity contribution in [3.8, 4) is 28.7 Å². The van der Waals surface area contributed by atoms with E-state index < -0.39 is 31.5 Å². The van der Waals surface area contributed by atoms with Crippen LogP contribution in [0.2, 0.25) is 0 Å². The number of benzene rings is 3. The van der Waals surface area contributed by atoms with E-state index in [9.17, 15) is 28.6 Å². The molecule has 0 saturated heterocycles. The summed E-state index contributed by atoms with van der Waals surface area (Å²) in [7, 11) is -4.69. The van der Waals surface area contributed by atoms with Crippen LogP contribution in [0.4, 0.5) is 0 Å². The molecule has 0 radical (unpaired) electrons. The zero-order valence-electron chi connectivity index (χ0n) is 22.2. The number of ether oxygens (including phenoxy) is 3. The Labute approximate surface area is 252 Å². The Hall–Kier alpha value is -3.47. The van der Waals surface area contributed by atoms with Crippen LogP contribution in [0.1, 0.15) is 43.1 Å². The summed E-state index contributed by atoms with van der Waals surface area (Å²) in [5, 5.41) is 0. The molecule has 40 heavy (non-hydrogen) atoms. The summed E-state index contributed by atoms with van der Waals surface area (Å²) in [6.07, 6.45) is 0.0895. The third-order valence-electron chi connectivity index (χ3n) is 4.83. The number of ketones is 1. The number of rotatable bonds is 11. The van der Waals surface area contributed by atoms with Crippen molar-refractivity contribution in [1.29, 1.82) is 0 Å². The van der Waals surface area contributed by atoms with Gasteiger partial charge >= 0.3 is 55.3 Å². The van der Waals surface area contributed by atoms with Gasteiger partial charge in [-0.15, -0.1) is 0 Å². The molecule has 0 bridgehead atoms. The minimum absolute atomic E-state index is 0. The third-order valence-corrected chi connectivity index (χ3v) is 5.70. The van der Waals surface area contributed by atoms with Gasteiger partial charge in [0, 0.05) is 39.3 Å². The van der Waals surface area contributed by atoms with Gasteiger partial charge in [0.05, 0.1) is 0 Å². The van der Waals surface area contributed by atoms with Gasteiger partial charge in [0.15, 0.2) is 5.78 Å². The fraction of sp³-hybridized carbons (Fsp3) is 0.185. The van der Waals surface area contributed by atoms with E-state index in [0.717, 1.165) is 20.8 Å². The molecule has 0 heterocycles. The molecule has 0 aliphatic carbocycles. The fourth-order valence-electron chi connectivity index (χ4n) is 3.39. The van der Waals surface area contributed by atoms with Gasteiger partial charge in [-0.3, -0.25) is 19.2 Å². The molecule has 204 valence electrons. The van der Waals surface area contributed by atoms with Gasteiger partial charge in [-0.2, -0.15) is 0 Å². The standard InChI is InChI=1S/C27H25O11P.Na/c1-17(28)34-23-15-25(35-18(2)29)27(26(16-23)36-19(3)30)24(31)14-11-20-9-12-22(13-10-20)38-39(32,33)37-21-7-5-4-6-8-21;/h4-10,12-13,15-16H,11,14H2,1-3H3,(H,32,33);/q;+1/p-1. The zero-order chi connectivity index (χ0) is 28.6. The van der Waals surface area contributed by atoms with Crippen molar-refractivity contribution in [3.05, 3.63) is 77.9 Å². The average molecular weight is 578 g/mol. The third kappa shape index (κ3) is 10.3. The summed E-state index contributed by atoms with van der Waals surface area (Å²) in [5.41, 5.74) is 0.474. The van der Waals surface area contributed by atoms with E-state index in [1.54, 1.807) is 30.3 Å². The number of hydrogen-bond acceptors (Lipinski definition) is 11. The monoisotopic (exact) mass is 578 g/mol. The second-order valence-electron chi connectivity index (χ2n) is 8.09. The Morgan fingerprint density at radius 3 is 1.65 bits per heavy atom. The van der Waals surface area contributed by atoms with Crippen molar-refractivity contribution >= 4 is 31.5 Å². The van der Waals surface area contributed by atoms with E-state index >= 15 is 0 Å². The second-order valence-corrected chi connectivity index (χ2v) is 9.35. The Morgan fingerprint density at radius 1 is 0.700 bits per heavy atom. The SMILES string of the molecule is CC(=O)Oc1cc(OC(C)=O)c(C(=O)CCc2ccc(OP(=O)([O-])Oc3ccccc3)cc2)c(OC(C)=O)c1.[Na+]. The summed E-state index contributed by atoms with van der Waals surface area (Å²) < 4.78 is 37.3. The summed E-state index contributed by atoms with van der Waals surface area (Å²) in [4.78, 5) is 60.0. The number of hydrogen-bond donors (Lipinski definition) is 0. The predicted molar refractivity (Wildman–Crippen MR) is 135 cm³/mol. The van der Waals surface area contributed by atoms with Crippen molar-refractivity contribution in [1.82, 2.24) is 0 Å². The van der Waals surface area contributed by atoms with Crippen LogP contribution in [0.15, 0.2) is 66.7 Å². The fourth-order valence-corrected chi connectivity index (χ4v) is 4.19. The van der Waals surface area contributed by atoms with Gasteiger partial charge < -0.3 is 28.2 Å². The van der Waals surface area contributed by atoms with E-state index in [1.807, 2.05) is 0 Å². The molecule has 3 aromatic rings. The van der Waals surface area contributed by atoms with E-state index in [2.05, 4.69) is 0 Å². The molecule has 3 rings (SSSR count). The summed E-state index contributed by atoms with van der Waals surface area (Å²) in [6, 6.07) is 16.2. The molecular formula is C27H24NaO11P. The van der Waals surface area contributed by atoms with Crippen molar-refractivity contribution in [3.63, 3.8) is 0 Å².